The Morgan fingerprint density at radius 2 is 1.78 bits per heavy atom. The molecule has 1 saturated carbocycles. The highest BCUT2D eigenvalue weighted by Gasteiger charge is 2.29. The van der Waals surface area contributed by atoms with E-state index in [-0.39, 0.29) is 29.6 Å². The predicted molar refractivity (Wildman–Crippen MR) is 102 cm³/mol. The summed E-state index contributed by atoms with van der Waals surface area (Å²) in [7, 11) is 0. The molecule has 0 radical (unpaired) electrons. The van der Waals surface area contributed by atoms with Gasteiger partial charge >= 0.3 is 0 Å². The third-order valence-corrected chi connectivity index (χ3v) is 5.87. The van der Waals surface area contributed by atoms with Gasteiger partial charge in [-0.15, -0.1) is 0 Å². The second kappa shape index (κ2) is 9.31. The highest BCUT2D eigenvalue weighted by Crippen LogP contribution is 2.25. The molecule has 3 rings (SSSR count). The Labute approximate surface area is 160 Å². The lowest BCUT2D eigenvalue weighted by molar-refractivity contribution is -0.137. The van der Waals surface area contributed by atoms with Gasteiger partial charge in [0.05, 0.1) is 12.5 Å². The number of halogens is 1. The number of benzene rings is 1. The van der Waals surface area contributed by atoms with Crippen LogP contribution in [0.1, 0.15) is 50.5 Å². The van der Waals surface area contributed by atoms with Gasteiger partial charge < -0.3 is 10.6 Å². The smallest absolute Gasteiger partial charge is 0.237 e. The van der Waals surface area contributed by atoms with Crippen LogP contribution in [0.4, 0.5) is 4.39 Å². The average Bonchev–Trinajstić information content (AvgIpc) is 2.68. The molecular weight excluding hydrogens is 345 g/mol. The molecule has 1 aliphatic carbocycles. The number of nitrogens with zero attached hydrogens (tertiary/aromatic N) is 2. The van der Waals surface area contributed by atoms with Crippen LogP contribution in [-0.4, -0.2) is 47.3 Å². The number of piperidine rings is 1. The maximum absolute atomic E-state index is 13.2. The van der Waals surface area contributed by atoms with Gasteiger partial charge in [-0.05, 0) is 49.9 Å². The van der Waals surface area contributed by atoms with Crippen LogP contribution < -0.4 is 5.73 Å². The summed E-state index contributed by atoms with van der Waals surface area (Å²) in [6.07, 6.45) is 7.26. The summed E-state index contributed by atoms with van der Waals surface area (Å²) in [6, 6.07) is 6.64. The summed E-state index contributed by atoms with van der Waals surface area (Å²) in [5.41, 5.74) is 6.41. The number of primary amides is 1. The number of carbonyl (C=O) groups is 2. The second-order valence-corrected chi connectivity index (χ2v) is 7.92. The zero-order valence-electron chi connectivity index (χ0n) is 15.9. The Morgan fingerprint density at radius 1 is 1.07 bits per heavy atom. The van der Waals surface area contributed by atoms with Crippen LogP contribution in [0.25, 0.3) is 0 Å². The van der Waals surface area contributed by atoms with Crippen molar-refractivity contribution in [1.82, 2.24) is 9.80 Å². The van der Waals surface area contributed by atoms with E-state index in [9.17, 15) is 14.0 Å². The first-order chi connectivity index (χ1) is 13.0. The molecule has 2 fully saturated rings. The lowest BCUT2D eigenvalue weighted by Crippen LogP contribution is -2.49. The van der Waals surface area contributed by atoms with E-state index in [1.165, 1.54) is 18.6 Å². The maximum atomic E-state index is 13.2. The van der Waals surface area contributed by atoms with E-state index < -0.39 is 0 Å². The van der Waals surface area contributed by atoms with Crippen molar-refractivity contribution < 1.29 is 14.0 Å². The first kappa shape index (κ1) is 19.8. The van der Waals surface area contributed by atoms with E-state index in [0.717, 1.165) is 50.6 Å². The van der Waals surface area contributed by atoms with E-state index in [0.29, 0.717) is 19.6 Å². The number of nitrogens with two attached hydrogens (primary N) is 1. The number of amides is 2. The fourth-order valence-electron chi connectivity index (χ4n) is 4.31. The average molecular weight is 375 g/mol. The van der Waals surface area contributed by atoms with Crippen LogP contribution in [0.3, 0.4) is 0 Å². The van der Waals surface area contributed by atoms with E-state index in [2.05, 4.69) is 4.90 Å². The van der Waals surface area contributed by atoms with Crippen LogP contribution in [0, 0.1) is 11.7 Å². The first-order valence-electron chi connectivity index (χ1n) is 10.1. The summed E-state index contributed by atoms with van der Waals surface area (Å²) in [6.45, 7) is 2.22. The topological polar surface area (TPSA) is 66.6 Å². The highest BCUT2D eigenvalue weighted by molar-refractivity contribution is 5.79. The van der Waals surface area contributed by atoms with Gasteiger partial charge in [0.15, 0.2) is 0 Å². The van der Waals surface area contributed by atoms with Gasteiger partial charge in [-0.25, -0.2) is 4.39 Å². The SMILES string of the molecule is NC(=O)[C@H]1CCCN(CC(=O)N(Cc2ccc(F)cc2)C2CCCCC2)C1. The standard InChI is InChI=1S/C21H30FN3O2/c22-18-10-8-16(9-11-18)13-25(19-6-2-1-3-7-19)20(26)15-24-12-4-5-17(14-24)21(23)27/h8-11,17,19H,1-7,12-15H2,(H2,23,27)/t17-/m0/s1. The Balaban J connectivity index is 1.68. The molecule has 0 aromatic heterocycles. The van der Waals surface area contributed by atoms with Crippen molar-refractivity contribution in [2.45, 2.75) is 57.5 Å². The summed E-state index contributed by atoms with van der Waals surface area (Å²) in [5, 5.41) is 0. The van der Waals surface area contributed by atoms with Crippen LogP contribution in [0.5, 0.6) is 0 Å². The van der Waals surface area contributed by atoms with E-state index in [4.69, 9.17) is 5.73 Å². The number of rotatable bonds is 6. The van der Waals surface area contributed by atoms with Crippen LogP contribution in [-0.2, 0) is 16.1 Å². The van der Waals surface area contributed by atoms with Crippen LogP contribution in [0.2, 0.25) is 0 Å². The number of carbonyl (C=O) groups excluding carboxylic acids is 2. The van der Waals surface area contributed by atoms with Crippen molar-refractivity contribution in [1.29, 1.82) is 0 Å². The van der Waals surface area contributed by atoms with Crippen molar-refractivity contribution in [2.75, 3.05) is 19.6 Å². The Bertz CT molecular complexity index is 643. The molecule has 1 saturated heterocycles. The first-order valence-corrected chi connectivity index (χ1v) is 10.1. The molecule has 1 atom stereocenters. The number of hydrogen-bond donors (Lipinski definition) is 1. The monoisotopic (exact) mass is 375 g/mol. The third-order valence-electron chi connectivity index (χ3n) is 5.87. The van der Waals surface area contributed by atoms with E-state index in [1.807, 2.05) is 4.90 Å². The minimum Gasteiger partial charge on any atom is -0.369 e. The molecule has 2 N–H and O–H groups in total. The maximum Gasteiger partial charge on any atom is 0.237 e. The Kier molecular flexibility index (Phi) is 6.83. The largest absolute Gasteiger partial charge is 0.369 e. The van der Waals surface area contributed by atoms with Crippen molar-refractivity contribution >= 4 is 11.8 Å². The van der Waals surface area contributed by atoms with Crippen molar-refractivity contribution in [3.05, 3.63) is 35.6 Å². The summed E-state index contributed by atoms with van der Waals surface area (Å²) in [4.78, 5) is 28.7. The molecule has 2 aliphatic rings. The molecule has 6 heteroatoms. The molecule has 27 heavy (non-hydrogen) atoms. The van der Waals surface area contributed by atoms with Gasteiger partial charge in [0.2, 0.25) is 11.8 Å². The Morgan fingerprint density at radius 3 is 2.44 bits per heavy atom. The van der Waals surface area contributed by atoms with Gasteiger partial charge in [-0.2, -0.15) is 0 Å². The minimum absolute atomic E-state index is 0.0938. The Hall–Kier alpha value is -1.95. The van der Waals surface area contributed by atoms with E-state index >= 15 is 0 Å². The van der Waals surface area contributed by atoms with Crippen molar-refractivity contribution in [3.63, 3.8) is 0 Å². The van der Waals surface area contributed by atoms with Gasteiger partial charge in [0.1, 0.15) is 5.82 Å². The zero-order chi connectivity index (χ0) is 19.2. The van der Waals surface area contributed by atoms with Crippen LogP contribution in [0.15, 0.2) is 24.3 Å². The van der Waals surface area contributed by atoms with Crippen molar-refractivity contribution in [3.8, 4) is 0 Å². The molecule has 1 aliphatic heterocycles. The van der Waals surface area contributed by atoms with Gasteiger partial charge in [0.25, 0.3) is 0 Å². The van der Waals surface area contributed by atoms with Crippen LogP contribution >= 0.6 is 0 Å². The quantitative estimate of drug-likeness (QED) is 0.831. The molecule has 1 aromatic rings. The van der Waals surface area contributed by atoms with E-state index in [1.54, 1.807) is 12.1 Å². The number of likely N-dealkylation sites (tertiary alicyclic amines) is 1. The summed E-state index contributed by atoms with van der Waals surface area (Å²) >= 11 is 0. The third kappa shape index (κ3) is 5.51. The molecule has 148 valence electrons. The molecule has 2 amide bonds. The fourth-order valence-corrected chi connectivity index (χ4v) is 4.31. The molecule has 1 aromatic carbocycles. The molecular formula is C21H30FN3O2. The highest BCUT2D eigenvalue weighted by atomic mass is 19.1. The molecule has 0 unspecified atom stereocenters. The van der Waals surface area contributed by atoms with Gasteiger partial charge in [-0.3, -0.25) is 14.5 Å². The van der Waals surface area contributed by atoms with Gasteiger partial charge in [0, 0.05) is 19.1 Å². The summed E-state index contributed by atoms with van der Waals surface area (Å²) < 4.78 is 13.2. The summed E-state index contributed by atoms with van der Waals surface area (Å²) in [5.74, 6) is -0.606. The molecule has 1 heterocycles. The number of hydrogen-bond acceptors (Lipinski definition) is 3. The molecule has 0 spiro atoms. The lowest BCUT2D eigenvalue weighted by atomic mass is 9.93. The molecule has 0 bridgehead atoms. The fraction of sp³-hybridized carbons (Fsp3) is 0.619. The zero-order valence-corrected chi connectivity index (χ0v) is 15.9. The van der Waals surface area contributed by atoms with Gasteiger partial charge in [-0.1, -0.05) is 31.4 Å². The minimum atomic E-state index is -0.275. The second-order valence-electron chi connectivity index (χ2n) is 7.92. The predicted octanol–water partition coefficient (Wildman–Crippen LogP) is 2.68. The van der Waals surface area contributed by atoms with Crippen molar-refractivity contribution in [2.24, 2.45) is 11.7 Å². The molecule has 5 nitrogen and oxygen atoms in total. The normalized spacial score (nSPS) is 21.7. The lowest BCUT2D eigenvalue weighted by Gasteiger charge is -2.37.